The molecule has 0 fully saturated rings. The maximum Gasteiger partial charge on any atom is 0.0711 e. The first-order valence-electron chi connectivity index (χ1n) is 5.85. The van der Waals surface area contributed by atoms with Gasteiger partial charge in [-0.25, -0.2) is 4.52 Å². The van der Waals surface area contributed by atoms with Gasteiger partial charge < -0.3 is 5.32 Å². The summed E-state index contributed by atoms with van der Waals surface area (Å²) in [4.78, 5) is 0. The fraction of sp³-hybridized carbons (Fsp3) is 0.0714. The molecule has 0 atom stereocenters. The lowest BCUT2D eigenvalue weighted by Gasteiger charge is -2.08. The van der Waals surface area contributed by atoms with E-state index in [9.17, 15) is 0 Å². The van der Waals surface area contributed by atoms with Gasteiger partial charge in [-0.05, 0) is 40.2 Å². The number of halogens is 2. The maximum atomic E-state index is 6.07. The van der Waals surface area contributed by atoms with Crippen LogP contribution in [0, 0.1) is 0 Å². The molecule has 1 N–H and O–H groups in total. The van der Waals surface area contributed by atoms with Gasteiger partial charge in [-0.3, -0.25) is 0 Å². The van der Waals surface area contributed by atoms with E-state index in [0.29, 0.717) is 11.6 Å². The van der Waals surface area contributed by atoms with Gasteiger partial charge in [0.1, 0.15) is 0 Å². The van der Waals surface area contributed by atoms with Crippen molar-refractivity contribution in [3.05, 3.63) is 63.9 Å². The second-order valence-corrected chi connectivity index (χ2v) is 5.36. The first-order valence-corrected chi connectivity index (χ1v) is 7.02. The highest BCUT2D eigenvalue weighted by molar-refractivity contribution is 9.10. The van der Waals surface area contributed by atoms with E-state index in [-0.39, 0.29) is 0 Å². The van der Waals surface area contributed by atoms with Crippen molar-refractivity contribution in [3.63, 3.8) is 0 Å². The third-order valence-corrected chi connectivity index (χ3v) is 4.32. The summed E-state index contributed by atoms with van der Waals surface area (Å²) in [6.45, 7) is 0.701. The highest BCUT2D eigenvalue weighted by atomic mass is 79.9. The average Bonchev–Trinajstić information content (AvgIpc) is 2.84. The zero-order valence-corrected chi connectivity index (χ0v) is 12.3. The number of pyridine rings is 1. The zero-order chi connectivity index (χ0) is 13.2. The second kappa shape index (κ2) is 5.23. The summed E-state index contributed by atoms with van der Waals surface area (Å²) >= 11 is 9.55. The van der Waals surface area contributed by atoms with E-state index in [0.717, 1.165) is 21.2 Å². The van der Waals surface area contributed by atoms with Gasteiger partial charge in [0.15, 0.2) is 0 Å². The molecule has 0 unspecified atom stereocenters. The minimum absolute atomic E-state index is 0.699. The second-order valence-electron chi connectivity index (χ2n) is 4.16. The summed E-state index contributed by atoms with van der Waals surface area (Å²) in [5, 5.41) is 8.37. The molecular weight excluding hydrogens is 326 g/mol. The third kappa shape index (κ3) is 2.46. The molecule has 0 bridgehead atoms. The number of fused-ring (bicyclic) bond motifs is 1. The quantitative estimate of drug-likeness (QED) is 0.770. The lowest BCUT2D eigenvalue weighted by molar-refractivity contribution is 0.961. The summed E-state index contributed by atoms with van der Waals surface area (Å²) in [6, 6.07) is 11.8. The van der Waals surface area contributed by atoms with Crippen LogP contribution in [0.1, 0.15) is 5.56 Å². The number of nitrogens with zero attached hydrogens (tertiary/aromatic N) is 2. The molecule has 96 valence electrons. The fourth-order valence-corrected chi connectivity index (χ4v) is 2.53. The summed E-state index contributed by atoms with van der Waals surface area (Å²) in [5.41, 5.74) is 3.23. The van der Waals surface area contributed by atoms with E-state index >= 15 is 0 Å². The Hall–Kier alpha value is -1.52. The van der Waals surface area contributed by atoms with Crippen molar-refractivity contribution in [1.29, 1.82) is 0 Å². The molecule has 0 amide bonds. The molecular formula is C14H11BrClN3. The van der Waals surface area contributed by atoms with E-state index in [1.807, 2.05) is 47.2 Å². The largest absolute Gasteiger partial charge is 0.380 e. The minimum atomic E-state index is 0.699. The van der Waals surface area contributed by atoms with Gasteiger partial charge in [0.2, 0.25) is 0 Å². The van der Waals surface area contributed by atoms with Crippen LogP contribution in [0.5, 0.6) is 0 Å². The average molecular weight is 337 g/mol. The lowest BCUT2D eigenvalue weighted by Crippen LogP contribution is -1.99. The summed E-state index contributed by atoms with van der Waals surface area (Å²) in [6.07, 6.45) is 3.81. The molecule has 0 aliphatic carbocycles. The van der Waals surface area contributed by atoms with Crippen LogP contribution in [0.4, 0.5) is 5.69 Å². The Balaban J connectivity index is 1.84. The number of aromatic nitrogens is 2. The Bertz CT molecular complexity index is 724. The molecule has 0 radical (unpaired) electrons. The predicted molar refractivity (Wildman–Crippen MR) is 81.7 cm³/mol. The molecule has 2 aromatic heterocycles. The number of nitrogens with one attached hydrogen (secondary N) is 1. The van der Waals surface area contributed by atoms with Crippen LogP contribution in [0.3, 0.4) is 0 Å². The van der Waals surface area contributed by atoms with Gasteiger partial charge in [0.25, 0.3) is 0 Å². The Morgan fingerprint density at radius 2 is 2.11 bits per heavy atom. The first-order chi connectivity index (χ1) is 9.25. The van der Waals surface area contributed by atoms with Crippen molar-refractivity contribution in [3.8, 4) is 0 Å². The van der Waals surface area contributed by atoms with Crippen LogP contribution in [0.2, 0.25) is 5.02 Å². The molecule has 3 aromatic rings. The number of hydrogen-bond acceptors (Lipinski definition) is 2. The smallest absolute Gasteiger partial charge is 0.0711 e. The molecule has 1 aromatic carbocycles. The Morgan fingerprint density at radius 3 is 3.00 bits per heavy atom. The van der Waals surface area contributed by atoms with Crippen molar-refractivity contribution in [2.45, 2.75) is 6.54 Å². The molecule has 0 aliphatic rings. The molecule has 0 aliphatic heterocycles. The van der Waals surface area contributed by atoms with Crippen molar-refractivity contribution in [2.75, 3.05) is 5.32 Å². The fourth-order valence-electron chi connectivity index (χ4n) is 1.95. The highest BCUT2D eigenvalue weighted by Crippen LogP contribution is 2.30. The maximum absolute atomic E-state index is 6.07. The van der Waals surface area contributed by atoms with E-state index < -0.39 is 0 Å². The Kier molecular flexibility index (Phi) is 3.44. The normalized spacial score (nSPS) is 10.8. The van der Waals surface area contributed by atoms with Crippen molar-refractivity contribution in [2.24, 2.45) is 0 Å². The van der Waals surface area contributed by atoms with Gasteiger partial charge in [-0.15, -0.1) is 0 Å². The number of rotatable bonds is 3. The molecule has 0 saturated carbocycles. The van der Waals surface area contributed by atoms with Gasteiger partial charge >= 0.3 is 0 Å². The summed E-state index contributed by atoms with van der Waals surface area (Å²) in [7, 11) is 0. The molecule has 0 spiro atoms. The van der Waals surface area contributed by atoms with E-state index in [4.69, 9.17) is 11.6 Å². The van der Waals surface area contributed by atoms with Crippen LogP contribution in [-0.2, 0) is 6.54 Å². The summed E-state index contributed by atoms with van der Waals surface area (Å²) < 4.78 is 2.75. The first kappa shape index (κ1) is 12.5. The number of benzene rings is 1. The standard InChI is InChI=1S/C14H11BrClN3/c15-14-11(16)4-3-5-12(14)17-8-10-9-18-19-7-2-1-6-13(10)19/h1-7,9,17H,8H2. The molecule has 3 rings (SSSR count). The molecule has 0 saturated heterocycles. The molecule has 3 nitrogen and oxygen atoms in total. The van der Waals surface area contributed by atoms with Crippen molar-refractivity contribution >= 4 is 38.7 Å². The Labute approximate surface area is 124 Å². The topological polar surface area (TPSA) is 29.3 Å². The zero-order valence-electron chi connectivity index (χ0n) is 9.98. The van der Waals surface area contributed by atoms with Gasteiger partial charge in [0, 0.05) is 18.3 Å². The van der Waals surface area contributed by atoms with Gasteiger partial charge in [0.05, 0.1) is 26.9 Å². The number of hydrogen-bond donors (Lipinski definition) is 1. The van der Waals surface area contributed by atoms with Crippen molar-refractivity contribution in [1.82, 2.24) is 9.61 Å². The van der Waals surface area contributed by atoms with Crippen LogP contribution >= 0.6 is 27.5 Å². The lowest BCUT2D eigenvalue weighted by atomic mass is 10.2. The van der Waals surface area contributed by atoms with Crippen LogP contribution in [0.15, 0.2) is 53.3 Å². The summed E-state index contributed by atoms with van der Waals surface area (Å²) in [5.74, 6) is 0. The SMILES string of the molecule is Clc1cccc(NCc2cnn3ccccc23)c1Br. The molecule has 19 heavy (non-hydrogen) atoms. The van der Waals surface area contributed by atoms with E-state index in [1.165, 1.54) is 0 Å². The van der Waals surface area contributed by atoms with E-state index in [1.54, 1.807) is 0 Å². The third-order valence-electron chi connectivity index (χ3n) is 2.93. The minimum Gasteiger partial charge on any atom is -0.380 e. The number of anilines is 1. The van der Waals surface area contributed by atoms with Crippen LogP contribution in [0.25, 0.3) is 5.52 Å². The van der Waals surface area contributed by atoms with E-state index in [2.05, 4.69) is 32.4 Å². The van der Waals surface area contributed by atoms with Crippen molar-refractivity contribution < 1.29 is 0 Å². The van der Waals surface area contributed by atoms with Gasteiger partial charge in [-0.2, -0.15) is 5.10 Å². The monoisotopic (exact) mass is 335 g/mol. The predicted octanol–water partition coefficient (Wildman–Crippen LogP) is 4.36. The van der Waals surface area contributed by atoms with Gasteiger partial charge in [-0.1, -0.05) is 23.7 Å². The van der Waals surface area contributed by atoms with Crippen LogP contribution < -0.4 is 5.32 Å². The molecule has 2 heterocycles. The highest BCUT2D eigenvalue weighted by Gasteiger charge is 2.06. The Morgan fingerprint density at radius 1 is 1.21 bits per heavy atom. The van der Waals surface area contributed by atoms with Crippen LogP contribution in [-0.4, -0.2) is 9.61 Å². The molecule has 5 heteroatoms.